The summed E-state index contributed by atoms with van der Waals surface area (Å²) in [6.45, 7) is 8.16. The van der Waals surface area contributed by atoms with Crippen LogP contribution in [0.3, 0.4) is 0 Å². The highest BCUT2D eigenvalue weighted by Crippen LogP contribution is 2.16. The van der Waals surface area contributed by atoms with E-state index in [4.69, 9.17) is 11.6 Å². The highest BCUT2D eigenvalue weighted by molar-refractivity contribution is 6.29. The summed E-state index contributed by atoms with van der Waals surface area (Å²) in [7, 11) is 0. The highest BCUT2D eigenvalue weighted by atomic mass is 35.5. The van der Waals surface area contributed by atoms with E-state index in [0.29, 0.717) is 5.15 Å². The van der Waals surface area contributed by atoms with Crippen molar-refractivity contribution in [1.82, 2.24) is 9.97 Å². The lowest BCUT2D eigenvalue weighted by atomic mass is 10.3. The van der Waals surface area contributed by atoms with Crippen LogP contribution in [0.2, 0.25) is 5.15 Å². The lowest BCUT2D eigenvalue weighted by Gasteiger charge is -2.21. The van der Waals surface area contributed by atoms with Gasteiger partial charge in [-0.1, -0.05) is 24.9 Å². The fraction of sp³-hybridized carbons (Fsp3) is 0.636. The van der Waals surface area contributed by atoms with Crippen molar-refractivity contribution in [3.8, 4) is 0 Å². The van der Waals surface area contributed by atoms with E-state index in [2.05, 4.69) is 28.7 Å². The Bertz CT molecular complexity index is 294. The number of anilines is 1. The quantitative estimate of drug-likeness (QED) is 0.724. The monoisotopic (exact) mass is 227 g/mol. The van der Waals surface area contributed by atoms with Crippen molar-refractivity contribution in [3.05, 3.63) is 17.0 Å². The number of hydrogen-bond donors (Lipinski definition) is 0. The van der Waals surface area contributed by atoms with E-state index in [1.165, 1.54) is 12.8 Å². The molecule has 0 N–H and O–H groups in total. The first-order valence-electron chi connectivity index (χ1n) is 5.43. The first-order chi connectivity index (χ1) is 7.17. The van der Waals surface area contributed by atoms with Gasteiger partial charge < -0.3 is 4.90 Å². The Balaban J connectivity index is 2.81. The van der Waals surface area contributed by atoms with E-state index in [0.717, 1.165) is 24.7 Å². The minimum absolute atomic E-state index is 0.521. The summed E-state index contributed by atoms with van der Waals surface area (Å²) in [4.78, 5) is 10.7. The van der Waals surface area contributed by atoms with Crippen molar-refractivity contribution in [1.29, 1.82) is 0 Å². The SMILES string of the molecule is CCCCN(CC)c1cc(Cl)nc(C)n1. The van der Waals surface area contributed by atoms with Gasteiger partial charge in [0.05, 0.1) is 0 Å². The Labute approximate surface area is 96.5 Å². The summed E-state index contributed by atoms with van der Waals surface area (Å²) in [5.41, 5.74) is 0. The summed E-state index contributed by atoms with van der Waals surface area (Å²) < 4.78 is 0. The minimum atomic E-state index is 0.521. The second-order valence-corrected chi connectivity index (χ2v) is 3.92. The Morgan fingerprint density at radius 2 is 2.07 bits per heavy atom. The molecule has 0 aliphatic rings. The lowest BCUT2D eigenvalue weighted by Crippen LogP contribution is -2.25. The molecule has 4 heteroatoms. The second kappa shape index (κ2) is 5.91. The Morgan fingerprint density at radius 3 is 2.60 bits per heavy atom. The third-order valence-corrected chi connectivity index (χ3v) is 2.47. The maximum absolute atomic E-state index is 5.91. The number of rotatable bonds is 5. The van der Waals surface area contributed by atoms with Crippen LogP contribution >= 0.6 is 11.6 Å². The molecule has 1 aromatic heterocycles. The van der Waals surface area contributed by atoms with Crippen LogP contribution in [0.25, 0.3) is 0 Å². The minimum Gasteiger partial charge on any atom is -0.357 e. The van der Waals surface area contributed by atoms with Crippen LogP contribution in [0, 0.1) is 6.92 Å². The van der Waals surface area contributed by atoms with E-state index >= 15 is 0 Å². The molecular weight excluding hydrogens is 210 g/mol. The van der Waals surface area contributed by atoms with Gasteiger partial charge in [0.2, 0.25) is 0 Å². The number of hydrogen-bond acceptors (Lipinski definition) is 3. The number of nitrogens with zero attached hydrogens (tertiary/aromatic N) is 3. The first kappa shape index (κ1) is 12.2. The Morgan fingerprint density at radius 1 is 1.33 bits per heavy atom. The normalized spacial score (nSPS) is 10.4. The maximum Gasteiger partial charge on any atom is 0.134 e. The first-order valence-corrected chi connectivity index (χ1v) is 5.81. The van der Waals surface area contributed by atoms with E-state index in [1.54, 1.807) is 0 Å². The van der Waals surface area contributed by atoms with Crippen LogP contribution in [0.5, 0.6) is 0 Å². The smallest absolute Gasteiger partial charge is 0.134 e. The molecule has 0 atom stereocenters. The van der Waals surface area contributed by atoms with Gasteiger partial charge >= 0.3 is 0 Å². The molecule has 0 saturated heterocycles. The number of aromatic nitrogens is 2. The van der Waals surface area contributed by atoms with Gasteiger partial charge in [0, 0.05) is 19.2 Å². The van der Waals surface area contributed by atoms with Crippen molar-refractivity contribution in [3.63, 3.8) is 0 Å². The maximum atomic E-state index is 5.91. The fourth-order valence-electron chi connectivity index (χ4n) is 1.46. The Kier molecular flexibility index (Phi) is 4.82. The van der Waals surface area contributed by atoms with Gasteiger partial charge in [-0.3, -0.25) is 0 Å². The van der Waals surface area contributed by atoms with Gasteiger partial charge in [-0.15, -0.1) is 0 Å². The van der Waals surface area contributed by atoms with Gasteiger partial charge in [0.1, 0.15) is 16.8 Å². The molecule has 84 valence electrons. The molecule has 0 aliphatic carbocycles. The third kappa shape index (κ3) is 3.67. The average Bonchev–Trinajstić information content (AvgIpc) is 2.17. The predicted octanol–water partition coefficient (Wildman–Crippen LogP) is 3.06. The zero-order valence-corrected chi connectivity index (χ0v) is 10.4. The molecule has 0 unspecified atom stereocenters. The second-order valence-electron chi connectivity index (χ2n) is 3.53. The summed E-state index contributed by atoms with van der Waals surface area (Å²) in [5.74, 6) is 1.66. The Hall–Kier alpha value is -0.830. The number of unbranched alkanes of at least 4 members (excludes halogenated alkanes) is 1. The molecule has 1 heterocycles. The molecule has 0 bridgehead atoms. The number of aryl methyl sites for hydroxylation is 1. The molecular formula is C11H18ClN3. The van der Waals surface area contributed by atoms with Crippen LogP contribution in [0.4, 0.5) is 5.82 Å². The molecule has 0 spiro atoms. The van der Waals surface area contributed by atoms with Crippen molar-refractivity contribution < 1.29 is 0 Å². The molecule has 1 rings (SSSR count). The molecule has 0 aromatic carbocycles. The van der Waals surface area contributed by atoms with Crippen LogP contribution < -0.4 is 4.90 Å². The molecule has 3 nitrogen and oxygen atoms in total. The fourth-order valence-corrected chi connectivity index (χ4v) is 1.68. The van der Waals surface area contributed by atoms with Gasteiger partial charge in [-0.2, -0.15) is 0 Å². The zero-order valence-electron chi connectivity index (χ0n) is 9.63. The molecule has 0 saturated carbocycles. The average molecular weight is 228 g/mol. The van der Waals surface area contributed by atoms with Crippen molar-refractivity contribution >= 4 is 17.4 Å². The summed E-state index contributed by atoms with van der Waals surface area (Å²) in [6, 6.07) is 1.83. The number of halogens is 1. The van der Waals surface area contributed by atoms with E-state index in [1.807, 2.05) is 13.0 Å². The van der Waals surface area contributed by atoms with Gasteiger partial charge in [0.25, 0.3) is 0 Å². The molecule has 0 amide bonds. The molecule has 0 aliphatic heterocycles. The van der Waals surface area contributed by atoms with Crippen molar-refractivity contribution in [2.45, 2.75) is 33.6 Å². The predicted molar refractivity (Wildman–Crippen MR) is 64.6 cm³/mol. The van der Waals surface area contributed by atoms with E-state index in [-0.39, 0.29) is 0 Å². The van der Waals surface area contributed by atoms with Crippen molar-refractivity contribution in [2.24, 2.45) is 0 Å². The van der Waals surface area contributed by atoms with Crippen LogP contribution in [-0.4, -0.2) is 23.1 Å². The topological polar surface area (TPSA) is 29.0 Å². The molecule has 1 aromatic rings. The third-order valence-electron chi connectivity index (χ3n) is 2.28. The van der Waals surface area contributed by atoms with Gasteiger partial charge in [-0.25, -0.2) is 9.97 Å². The largest absolute Gasteiger partial charge is 0.357 e. The summed E-state index contributed by atoms with van der Waals surface area (Å²) in [5, 5.41) is 0.521. The van der Waals surface area contributed by atoms with Gasteiger partial charge in [0.15, 0.2) is 0 Å². The zero-order chi connectivity index (χ0) is 11.3. The molecule has 0 radical (unpaired) electrons. The van der Waals surface area contributed by atoms with E-state index in [9.17, 15) is 0 Å². The van der Waals surface area contributed by atoms with Crippen molar-refractivity contribution in [2.75, 3.05) is 18.0 Å². The van der Waals surface area contributed by atoms with E-state index < -0.39 is 0 Å². The van der Waals surface area contributed by atoms with Crippen LogP contribution in [-0.2, 0) is 0 Å². The van der Waals surface area contributed by atoms with Crippen LogP contribution in [0.1, 0.15) is 32.5 Å². The standard InChI is InChI=1S/C11H18ClN3/c1-4-6-7-15(5-2)11-8-10(12)13-9(3)14-11/h8H,4-7H2,1-3H3. The lowest BCUT2D eigenvalue weighted by molar-refractivity contribution is 0.721. The molecule has 0 fully saturated rings. The van der Waals surface area contributed by atoms with Crippen LogP contribution in [0.15, 0.2) is 6.07 Å². The molecule has 15 heavy (non-hydrogen) atoms. The summed E-state index contributed by atoms with van der Waals surface area (Å²) >= 11 is 5.91. The van der Waals surface area contributed by atoms with Gasteiger partial charge in [-0.05, 0) is 20.3 Å². The summed E-state index contributed by atoms with van der Waals surface area (Å²) in [6.07, 6.45) is 2.36. The highest BCUT2D eigenvalue weighted by Gasteiger charge is 2.07.